The van der Waals surface area contributed by atoms with E-state index in [-0.39, 0.29) is 5.91 Å². The second-order valence-electron chi connectivity index (χ2n) is 5.28. The van der Waals surface area contributed by atoms with Crippen LogP contribution in [0.1, 0.15) is 15.9 Å². The monoisotopic (exact) mass is 370 g/mol. The van der Waals surface area contributed by atoms with Crippen LogP contribution in [0.25, 0.3) is 0 Å². The molecule has 0 aliphatic carbocycles. The van der Waals surface area contributed by atoms with E-state index < -0.39 is 0 Å². The zero-order chi connectivity index (χ0) is 19.6. The molecule has 0 aliphatic rings. The molecule has 7 nitrogen and oxygen atoms in total. The van der Waals surface area contributed by atoms with Gasteiger partial charge in [0.1, 0.15) is 6.61 Å². The number of ether oxygens (including phenoxy) is 4. The molecule has 0 bridgehead atoms. The molecule has 0 heterocycles. The largest absolute Gasteiger partial charge is 0.493 e. The maximum atomic E-state index is 12.3. The van der Waals surface area contributed by atoms with Crippen LogP contribution in [0.4, 0.5) is 0 Å². The van der Waals surface area contributed by atoms with Gasteiger partial charge in [-0.3, -0.25) is 4.79 Å². The lowest BCUT2D eigenvalue weighted by molar-refractivity contribution is 0.0954. The van der Waals surface area contributed by atoms with Crippen LogP contribution in [-0.4, -0.2) is 40.1 Å². The fourth-order valence-electron chi connectivity index (χ4n) is 2.24. The minimum absolute atomic E-state index is 0.345. The van der Waals surface area contributed by atoms with Crippen LogP contribution in [0.2, 0.25) is 0 Å². The molecule has 0 aliphatic heterocycles. The van der Waals surface area contributed by atoms with E-state index in [1.807, 2.05) is 0 Å². The summed E-state index contributed by atoms with van der Waals surface area (Å²) in [5.74, 6) is 1.80. The quantitative estimate of drug-likeness (QED) is 0.417. The van der Waals surface area contributed by atoms with Gasteiger partial charge in [0.15, 0.2) is 23.0 Å². The Kier molecular flexibility index (Phi) is 7.25. The Labute approximate surface area is 158 Å². The second kappa shape index (κ2) is 9.86. The third kappa shape index (κ3) is 5.24. The van der Waals surface area contributed by atoms with Gasteiger partial charge in [0.05, 0.1) is 27.5 Å². The second-order valence-corrected chi connectivity index (χ2v) is 5.28. The zero-order valence-corrected chi connectivity index (χ0v) is 15.5. The molecule has 2 rings (SSSR count). The van der Waals surface area contributed by atoms with Crippen molar-refractivity contribution in [1.82, 2.24) is 5.43 Å². The van der Waals surface area contributed by atoms with Crippen molar-refractivity contribution in [3.63, 3.8) is 0 Å². The van der Waals surface area contributed by atoms with Crippen LogP contribution in [0.15, 0.2) is 54.2 Å². The first-order valence-corrected chi connectivity index (χ1v) is 8.10. The maximum Gasteiger partial charge on any atom is 0.271 e. The highest BCUT2D eigenvalue weighted by Gasteiger charge is 2.10. The predicted octanol–water partition coefficient (Wildman–Crippen LogP) is 3.04. The van der Waals surface area contributed by atoms with Crippen molar-refractivity contribution in [2.24, 2.45) is 5.10 Å². The Hall–Kier alpha value is -3.48. The van der Waals surface area contributed by atoms with Gasteiger partial charge >= 0.3 is 0 Å². The highest BCUT2D eigenvalue weighted by molar-refractivity contribution is 5.95. The first-order valence-electron chi connectivity index (χ1n) is 8.10. The average Bonchev–Trinajstić information content (AvgIpc) is 2.71. The standard InChI is InChI=1S/C20H22N2O5/c1-5-10-27-17-9-7-15(12-19(17)26-4)20(23)22-21-13-14-6-8-16(24-2)18(11-14)25-3/h5-9,11-13H,1,10H2,2-4H3,(H,22,23)/b21-13+. The molecule has 2 aromatic carbocycles. The summed E-state index contributed by atoms with van der Waals surface area (Å²) in [6.07, 6.45) is 3.14. The normalized spacial score (nSPS) is 10.3. The number of carbonyl (C=O) groups is 1. The molecule has 0 atom stereocenters. The topological polar surface area (TPSA) is 78.4 Å². The van der Waals surface area contributed by atoms with Crippen LogP contribution in [0.3, 0.4) is 0 Å². The molecule has 0 unspecified atom stereocenters. The van der Waals surface area contributed by atoms with E-state index in [0.717, 1.165) is 5.56 Å². The molecular weight excluding hydrogens is 348 g/mol. The summed E-state index contributed by atoms with van der Waals surface area (Å²) in [5.41, 5.74) is 3.61. The van der Waals surface area contributed by atoms with E-state index >= 15 is 0 Å². The number of hydrogen-bond donors (Lipinski definition) is 1. The van der Waals surface area contributed by atoms with E-state index in [9.17, 15) is 4.79 Å². The van der Waals surface area contributed by atoms with Gasteiger partial charge in [-0.1, -0.05) is 12.7 Å². The molecule has 0 saturated carbocycles. The molecule has 0 aromatic heterocycles. The SMILES string of the molecule is C=CCOc1ccc(C(=O)N/N=C/c2ccc(OC)c(OC)c2)cc1OC. The lowest BCUT2D eigenvalue weighted by atomic mass is 10.2. The number of hydrogen-bond acceptors (Lipinski definition) is 6. The van der Waals surface area contributed by atoms with Crippen molar-refractivity contribution in [2.75, 3.05) is 27.9 Å². The van der Waals surface area contributed by atoms with Crippen molar-refractivity contribution in [3.05, 3.63) is 60.2 Å². The van der Waals surface area contributed by atoms with Crippen molar-refractivity contribution in [3.8, 4) is 23.0 Å². The number of carbonyl (C=O) groups excluding carboxylic acids is 1. The maximum absolute atomic E-state index is 12.3. The van der Waals surface area contributed by atoms with Gasteiger partial charge in [-0.2, -0.15) is 5.10 Å². The fourth-order valence-corrected chi connectivity index (χ4v) is 2.24. The summed E-state index contributed by atoms with van der Waals surface area (Å²) in [6, 6.07) is 10.2. The molecule has 1 amide bonds. The first kappa shape index (κ1) is 19.8. The van der Waals surface area contributed by atoms with Gasteiger partial charge in [0, 0.05) is 5.56 Å². The highest BCUT2D eigenvalue weighted by Crippen LogP contribution is 2.28. The number of methoxy groups -OCH3 is 3. The molecule has 1 N–H and O–H groups in total. The number of rotatable bonds is 9. The van der Waals surface area contributed by atoms with Crippen molar-refractivity contribution in [1.29, 1.82) is 0 Å². The molecule has 0 saturated heterocycles. The number of hydrazone groups is 1. The van der Waals surface area contributed by atoms with Gasteiger partial charge in [-0.25, -0.2) is 5.43 Å². The molecule has 0 radical (unpaired) electrons. The molecule has 2 aromatic rings. The summed E-state index contributed by atoms with van der Waals surface area (Å²) in [5, 5.41) is 3.97. The Balaban J connectivity index is 2.06. The van der Waals surface area contributed by atoms with Crippen LogP contribution in [0.5, 0.6) is 23.0 Å². The van der Waals surface area contributed by atoms with Crippen molar-refractivity contribution < 1.29 is 23.7 Å². The Bertz CT molecular complexity index is 833. The Morgan fingerprint density at radius 3 is 2.33 bits per heavy atom. The molecule has 0 fully saturated rings. The van der Waals surface area contributed by atoms with Gasteiger partial charge in [0.25, 0.3) is 5.91 Å². The third-order valence-electron chi connectivity index (χ3n) is 3.57. The predicted molar refractivity (Wildman–Crippen MR) is 103 cm³/mol. The van der Waals surface area contributed by atoms with Crippen molar-refractivity contribution in [2.45, 2.75) is 0 Å². The van der Waals surface area contributed by atoms with E-state index in [1.54, 1.807) is 56.7 Å². The number of nitrogens with zero attached hydrogens (tertiary/aromatic N) is 1. The van der Waals surface area contributed by atoms with Crippen molar-refractivity contribution >= 4 is 12.1 Å². The summed E-state index contributed by atoms with van der Waals surface area (Å²) < 4.78 is 21.1. The third-order valence-corrected chi connectivity index (χ3v) is 3.57. The molecule has 142 valence electrons. The first-order chi connectivity index (χ1) is 13.1. The minimum atomic E-state index is -0.375. The molecule has 7 heteroatoms. The minimum Gasteiger partial charge on any atom is -0.493 e. The molecule has 27 heavy (non-hydrogen) atoms. The van der Waals surface area contributed by atoms with Gasteiger partial charge in [-0.15, -0.1) is 0 Å². The number of nitrogens with one attached hydrogen (secondary N) is 1. The van der Waals surface area contributed by atoms with Gasteiger partial charge < -0.3 is 18.9 Å². The van der Waals surface area contributed by atoms with E-state index in [2.05, 4.69) is 17.1 Å². The van der Waals surface area contributed by atoms with Crippen LogP contribution in [0, 0.1) is 0 Å². The van der Waals surface area contributed by atoms with E-state index in [1.165, 1.54) is 13.3 Å². The molecular formula is C20H22N2O5. The van der Waals surface area contributed by atoms with Crippen LogP contribution < -0.4 is 24.4 Å². The van der Waals surface area contributed by atoms with Crippen LogP contribution >= 0.6 is 0 Å². The highest BCUT2D eigenvalue weighted by atomic mass is 16.5. The Morgan fingerprint density at radius 2 is 1.67 bits per heavy atom. The van der Waals surface area contributed by atoms with Crippen LogP contribution in [-0.2, 0) is 0 Å². The summed E-state index contributed by atoms with van der Waals surface area (Å²) in [4.78, 5) is 12.3. The molecule has 0 spiro atoms. The zero-order valence-electron chi connectivity index (χ0n) is 15.5. The number of amides is 1. The van der Waals surface area contributed by atoms with Gasteiger partial charge in [-0.05, 0) is 42.0 Å². The summed E-state index contributed by atoms with van der Waals surface area (Å²) in [7, 11) is 4.62. The van der Waals surface area contributed by atoms with E-state index in [4.69, 9.17) is 18.9 Å². The summed E-state index contributed by atoms with van der Waals surface area (Å²) in [6.45, 7) is 3.94. The van der Waals surface area contributed by atoms with E-state index in [0.29, 0.717) is 35.2 Å². The lowest BCUT2D eigenvalue weighted by Crippen LogP contribution is -2.17. The van der Waals surface area contributed by atoms with Gasteiger partial charge in [0.2, 0.25) is 0 Å². The fraction of sp³-hybridized carbons (Fsp3) is 0.200. The lowest BCUT2D eigenvalue weighted by Gasteiger charge is -2.10. The number of benzene rings is 2. The summed E-state index contributed by atoms with van der Waals surface area (Å²) >= 11 is 0. The smallest absolute Gasteiger partial charge is 0.271 e. The average molecular weight is 370 g/mol. The Morgan fingerprint density at radius 1 is 1.00 bits per heavy atom.